The van der Waals surface area contributed by atoms with E-state index in [-0.39, 0.29) is 11.5 Å². The molecule has 0 aliphatic heterocycles. The van der Waals surface area contributed by atoms with Crippen molar-refractivity contribution >= 4 is 79.5 Å². The van der Waals surface area contributed by atoms with Crippen LogP contribution in [0, 0.1) is 0 Å². The fraction of sp³-hybridized carbons (Fsp3) is 0. The Kier molecular flexibility index (Phi) is 9.87. The SMILES string of the molecule is Oc1ccc(N(c2ccccc2)c2ccc3ccccc3c2)cc1C=Nc1ccccc1N=Cc1cc(N(c2ccccc2)c2ccc3ccccc3c2)ccc1O. The summed E-state index contributed by atoms with van der Waals surface area (Å²) in [6, 6.07) is 68.4. The third kappa shape index (κ3) is 7.50. The van der Waals surface area contributed by atoms with Crippen LogP contribution in [-0.2, 0) is 0 Å². The summed E-state index contributed by atoms with van der Waals surface area (Å²) < 4.78 is 0. The standard InChI is InChI=1S/C52H38N4O2/c57-51-29-27-47(55(43-17-3-1-4-18-43)45-25-23-37-13-7-9-15-39(37)31-45)33-41(51)35-53-49-21-11-12-22-50(49)54-36-42-34-48(28-30-52(42)58)56(44-19-5-2-6-20-44)46-26-24-38-14-8-10-16-40(38)32-46/h1-36,57-58H. The molecule has 0 aromatic heterocycles. The van der Waals surface area contributed by atoms with Crippen LogP contribution in [0.25, 0.3) is 21.5 Å². The molecule has 58 heavy (non-hydrogen) atoms. The Bertz CT molecular complexity index is 2740. The summed E-state index contributed by atoms with van der Waals surface area (Å²) >= 11 is 0. The molecule has 6 nitrogen and oxygen atoms in total. The number of benzene rings is 9. The summed E-state index contributed by atoms with van der Waals surface area (Å²) in [4.78, 5) is 14.0. The van der Waals surface area contributed by atoms with Crippen LogP contribution in [0.2, 0.25) is 0 Å². The lowest BCUT2D eigenvalue weighted by molar-refractivity contribution is 0.474. The fourth-order valence-corrected chi connectivity index (χ4v) is 7.21. The Morgan fingerprint density at radius 2 is 0.655 bits per heavy atom. The molecule has 0 saturated carbocycles. The number of fused-ring (bicyclic) bond motifs is 2. The van der Waals surface area contributed by atoms with Crippen LogP contribution >= 0.6 is 0 Å². The molecule has 0 saturated heterocycles. The van der Waals surface area contributed by atoms with Gasteiger partial charge in [-0.3, -0.25) is 9.98 Å². The highest BCUT2D eigenvalue weighted by molar-refractivity contribution is 5.95. The van der Waals surface area contributed by atoms with Crippen LogP contribution in [0.5, 0.6) is 11.5 Å². The predicted molar refractivity (Wildman–Crippen MR) is 242 cm³/mol. The smallest absolute Gasteiger partial charge is 0.124 e. The highest BCUT2D eigenvalue weighted by Gasteiger charge is 2.16. The van der Waals surface area contributed by atoms with Gasteiger partial charge in [0.05, 0.1) is 11.4 Å². The second-order valence-electron chi connectivity index (χ2n) is 13.9. The van der Waals surface area contributed by atoms with Crippen molar-refractivity contribution in [2.24, 2.45) is 9.98 Å². The molecule has 0 aliphatic rings. The van der Waals surface area contributed by atoms with E-state index in [1.807, 2.05) is 109 Å². The molecule has 0 amide bonds. The normalized spacial score (nSPS) is 11.4. The number of rotatable bonds is 10. The summed E-state index contributed by atoms with van der Waals surface area (Å²) in [5.74, 6) is 0.215. The number of phenolic OH excluding ortho intramolecular Hbond substituents is 2. The van der Waals surface area contributed by atoms with Crippen molar-refractivity contribution in [3.63, 3.8) is 0 Å². The van der Waals surface area contributed by atoms with Gasteiger partial charge in [0.15, 0.2) is 0 Å². The van der Waals surface area contributed by atoms with Gasteiger partial charge in [-0.15, -0.1) is 0 Å². The Morgan fingerprint density at radius 3 is 1.09 bits per heavy atom. The summed E-state index contributed by atoms with van der Waals surface area (Å²) in [6.45, 7) is 0. The number of aromatic hydroxyl groups is 2. The first-order valence-electron chi connectivity index (χ1n) is 19.1. The lowest BCUT2D eigenvalue weighted by Gasteiger charge is -2.26. The van der Waals surface area contributed by atoms with Gasteiger partial charge in [-0.1, -0.05) is 109 Å². The van der Waals surface area contributed by atoms with Crippen molar-refractivity contribution in [1.29, 1.82) is 0 Å². The third-order valence-corrected chi connectivity index (χ3v) is 10.1. The molecule has 9 aromatic rings. The van der Waals surface area contributed by atoms with E-state index in [2.05, 4.69) is 94.7 Å². The molecular weight excluding hydrogens is 713 g/mol. The van der Waals surface area contributed by atoms with E-state index in [9.17, 15) is 10.2 Å². The zero-order valence-electron chi connectivity index (χ0n) is 31.5. The fourth-order valence-electron chi connectivity index (χ4n) is 7.21. The van der Waals surface area contributed by atoms with Gasteiger partial charge in [-0.05, 0) is 119 Å². The van der Waals surface area contributed by atoms with Crippen molar-refractivity contribution in [2.75, 3.05) is 9.80 Å². The van der Waals surface area contributed by atoms with Gasteiger partial charge < -0.3 is 20.0 Å². The molecule has 0 heterocycles. The maximum absolute atomic E-state index is 11.0. The molecule has 6 heteroatoms. The van der Waals surface area contributed by atoms with Crippen molar-refractivity contribution < 1.29 is 10.2 Å². The Hall–Kier alpha value is -7.96. The van der Waals surface area contributed by atoms with E-state index >= 15 is 0 Å². The van der Waals surface area contributed by atoms with Crippen LogP contribution in [0.15, 0.2) is 216 Å². The number of aliphatic imine (C=N–C) groups is 2. The van der Waals surface area contributed by atoms with Crippen LogP contribution in [0.3, 0.4) is 0 Å². The molecule has 0 spiro atoms. The van der Waals surface area contributed by atoms with Gasteiger partial charge >= 0.3 is 0 Å². The second kappa shape index (κ2) is 16.0. The Balaban J connectivity index is 1.03. The highest BCUT2D eigenvalue weighted by Crippen LogP contribution is 2.40. The predicted octanol–water partition coefficient (Wildman–Crippen LogP) is 13.8. The average Bonchev–Trinajstić information content (AvgIpc) is 3.27. The summed E-state index contributed by atoms with van der Waals surface area (Å²) in [5.41, 5.74) is 8.03. The van der Waals surface area contributed by atoms with Crippen molar-refractivity contribution in [2.45, 2.75) is 0 Å². The zero-order valence-corrected chi connectivity index (χ0v) is 31.5. The van der Waals surface area contributed by atoms with E-state index in [0.717, 1.165) is 55.7 Å². The molecule has 2 N–H and O–H groups in total. The molecule has 0 aliphatic carbocycles. The van der Waals surface area contributed by atoms with Crippen LogP contribution in [0.1, 0.15) is 11.1 Å². The number of nitrogens with zero attached hydrogens (tertiary/aromatic N) is 4. The average molecular weight is 751 g/mol. The van der Waals surface area contributed by atoms with Crippen LogP contribution in [0.4, 0.5) is 45.5 Å². The van der Waals surface area contributed by atoms with Crippen LogP contribution in [-0.4, -0.2) is 22.6 Å². The summed E-state index contributed by atoms with van der Waals surface area (Å²) in [6.07, 6.45) is 3.33. The third-order valence-electron chi connectivity index (χ3n) is 10.1. The molecule has 0 radical (unpaired) electrons. The molecule has 9 rings (SSSR count). The number of para-hydroxylation sites is 4. The van der Waals surface area contributed by atoms with E-state index in [1.165, 1.54) is 0 Å². The van der Waals surface area contributed by atoms with Gasteiger partial charge in [-0.25, -0.2) is 0 Å². The van der Waals surface area contributed by atoms with E-state index < -0.39 is 0 Å². The molecule has 0 unspecified atom stereocenters. The number of hydrogen-bond donors (Lipinski definition) is 2. The van der Waals surface area contributed by atoms with Crippen molar-refractivity contribution in [1.82, 2.24) is 0 Å². The summed E-state index contributed by atoms with van der Waals surface area (Å²) in [7, 11) is 0. The van der Waals surface area contributed by atoms with Gasteiger partial charge in [0.25, 0.3) is 0 Å². The van der Waals surface area contributed by atoms with E-state index in [0.29, 0.717) is 22.5 Å². The Morgan fingerprint density at radius 1 is 0.310 bits per heavy atom. The molecule has 9 aromatic carbocycles. The molecule has 278 valence electrons. The van der Waals surface area contributed by atoms with Gasteiger partial charge in [0.1, 0.15) is 11.5 Å². The lowest BCUT2D eigenvalue weighted by atomic mass is 10.1. The first-order chi connectivity index (χ1) is 28.6. The minimum atomic E-state index is 0.108. The lowest BCUT2D eigenvalue weighted by Crippen LogP contribution is -2.10. The first-order valence-corrected chi connectivity index (χ1v) is 19.1. The number of anilines is 6. The maximum Gasteiger partial charge on any atom is 0.124 e. The second-order valence-corrected chi connectivity index (χ2v) is 13.9. The van der Waals surface area contributed by atoms with E-state index in [1.54, 1.807) is 24.6 Å². The van der Waals surface area contributed by atoms with Crippen LogP contribution < -0.4 is 9.80 Å². The van der Waals surface area contributed by atoms with Gasteiger partial charge in [-0.2, -0.15) is 0 Å². The maximum atomic E-state index is 11.0. The number of phenols is 2. The molecule has 0 atom stereocenters. The molecular formula is C52H38N4O2. The van der Waals surface area contributed by atoms with Crippen molar-refractivity contribution in [3.05, 3.63) is 217 Å². The Labute approximate surface area is 337 Å². The molecule has 0 bridgehead atoms. The monoisotopic (exact) mass is 750 g/mol. The summed E-state index contributed by atoms with van der Waals surface area (Å²) in [5, 5.41) is 26.7. The van der Waals surface area contributed by atoms with Gasteiger partial charge in [0.2, 0.25) is 0 Å². The topological polar surface area (TPSA) is 71.7 Å². The first kappa shape index (κ1) is 35.7. The van der Waals surface area contributed by atoms with Gasteiger partial charge in [0, 0.05) is 57.7 Å². The van der Waals surface area contributed by atoms with Crippen molar-refractivity contribution in [3.8, 4) is 11.5 Å². The number of hydrogen-bond acceptors (Lipinski definition) is 6. The zero-order chi connectivity index (χ0) is 39.3. The largest absolute Gasteiger partial charge is 0.507 e. The minimum absolute atomic E-state index is 0.108. The highest BCUT2D eigenvalue weighted by atomic mass is 16.3. The quantitative estimate of drug-likeness (QED) is 0.137. The molecule has 0 fully saturated rings. The minimum Gasteiger partial charge on any atom is -0.507 e. The van der Waals surface area contributed by atoms with E-state index in [4.69, 9.17) is 9.98 Å².